The number of piperidine rings is 1. The van der Waals surface area contributed by atoms with Gasteiger partial charge >= 0.3 is 0 Å². The van der Waals surface area contributed by atoms with E-state index in [1.807, 2.05) is 13.8 Å². The summed E-state index contributed by atoms with van der Waals surface area (Å²) in [5.41, 5.74) is 0.482. The van der Waals surface area contributed by atoms with E-state index >= 15 is 0 Å². The van der Waals surface area contributed by atoms with Gasteiger partial charge in [-0.2, -0.15) is 4.31 Å². The lowest BCUT2D eigenvalue weighted by molar-refractivity contribution is 0.204. The molecule has 1 aromatic rings. The molecule has 1 saturated heterocycles. The van der Waals surface area contributed by atoms with Gasteiger partial charge < -0.3 is 9.84 Å². The number of hydrogen-bond acceptors (Lipinski definition) is 4. The Kier molecular flexibility index (Phi) is 4.91. The molecule has 1 aliphatic rings. The summed E-state index contributed by atoms with van der Waals surface area (Å²) in [4.78, 5) is 0.216. The van der Waals surface area contributed by atoms with Gasteiger partial charge in [0, 0.05) is 17.6 Å². The monoisotopic (exact) mass is 313 g/mol. The van der Waals surface area contributed by atoms with E-state index in [0.717, 1.165) is 19.3 Å². The number of rotatable bonds is 4. The van der Waals surface area contributed by atoms with Crippen molar-refractivity contribution < 1.29 is 18.3 Å². The molecule has 0 bridgehead atoms. The van der Waals surface area contributed by atoms with E-state index in [2.05, 4.69) is 0 Å². The molecule has 118 valence electrons. The minimum atomic E-state index is -3.55. The molecule has 1 aliphatic heterocycles. The second kappa shape index (κ2) is 6.34. The van der Waals surface area contributed by atoms with Gasteiger partial charge in [0.2, 0.25) is 10.0 Å². The van der Waals surface area contributed by atoms with Gasteiger partial charge in [0.25, 0.3) is 0 Å². The first-order valence-corrected chi connectivity index (χ1v) is 8.67. The van der Waals surface area contributed by atoms with Crippen molar-refractivity contribution in [2.75, 3.05) is 7.11 Å². The van der Waals surface area contributed by atoms with Gasteiger partial charge in [0.1, 0.15) is 5.75 Å². The maximum Gasteiger partial charge on any atom is 0.243 e. The van der Waals surface area contributed by atoms with E-state index < -0.39 is 10.0 Å². The fraction of sp³-hybridized carbons (Fsp3) is 0.600. The topological polar surface area (TPSA) is 66.8 Å². The average Bonchev–Trinajstić information content (AvgIpc) is 2.46. The second-order valence-electron chi connectivity index (χ2n) is 5.60. The highest BCUT2D eigenvalue weighted by molar-refractivity contribution is 7.89. The lowest BCUT2D eigenvalue weighted by atomic mass is 10.0. The Labute approximate surface area is 126 Å². The molecule has 21 heavy (non-hydrogen) atoms. The van der Waals surface area contributed by atoms with Gasteiger partial charge in [-0.25, -0.2) is 8.42 Å². The summed E-state index contributed by atoms with van der Waals surface area (Å²) in [6, 6.07) is 4.64. The van der Waals surface area contributed by atoms with Crippen molar-refractivity contribution in [3.05, 3.63) is 23.8 Å². The number of methoxy groups -OCH3 is 1. The van der Waals surface area contributed by atoms with Crippen molar-refractivity contribution in [3.8, 4) is 5.75 Å². The van der Waals surface area contributed by atoms with Crippen LogP contribution < -0.4 is 4.74 Å². The predicted octanol–water partition coefficient (Wildman–Crippen LogP) is 2.14. The Balaban J connectivity index is 2.43. The number of benzene rings is 1. The summed E-state index contributed by atoms with van der Waals surface area (Å²) < 4.78 is 32.5. The van der Waals surface area contributed by atoms with E-state index in [-0.39, 0.29) is 23.6 Å². The zero-order chi connectivity index (χ0) is 15.6. The van der Waals surface area contributed by atoms with E-state index in [1.165, 1.54) is 13.2 Å². The summed E-state index contributed by atoms with van der Waals surface area (Å²) in [5.74, 6) is 0.496. The molecule has 6 heteroatoms. The third-order valence-corrected chi connectivity index (χ3v) is 6.23. The smallest absolute Gasteiger partial charge is 0.243 e. The van der Waals surface area contributed by atoms with Crippen molar-refractivity contribution in [2.45, 2.75) is 56.7 Å². The molecule has 0 unspecified atom stereocenters. The van der Waals surface area contributed by atoms with Crippen molar-refractivity contribution in [2.24, 2.45) is 0 Å². The SMILES string of the molecule is COc1ccc(S(=O)(=O)N2[C@H](C)CCC[C@@H]2C)cc1CO. The van der Waals surface area contributed by atoms with Crippen molar-refractivity contribution >= 4 is 10.0 Å². The highest BCUT2D eigenvalue weighted by atomic mass is 32.2. The Morgan fingerprint density at radius 2 is 1.90 bits per heavy atom. The lowest BCUT2D eigenvalue weighted by Gasteiger charge is -2.37. The number of hydrogen-bond donors (Lipinski definition) is 1. The second-order valence-corrected chi connectivity index (χ2v) is 7.44. The molecule has 0 saturated carbocycles. The first-order valence-electron chi connectivity index (χ1n) is 7.23. The molecule has 1 N–H and O–H groups in total. The number of aliphatic hydroxyl groups excluding tert-OH is 1. The molecule has 1 aromatic carbocycles. The zero-order valence-corrected chi connectivity index (χ0v) is 13.6. The summed E-state index contributed by atoms with van der Waals surface area (Å²) in [5, 5.41) is 9.37. The number of aliphatic hydroxyl groups is 1. The van der Waals surface area contributed by atoms with E-state index in [9.17, 15) is 13.5 Å². The van der Waals surface area contributed by atoms with E-state index in [1.54, 1.807) is 16.4 Å². The van der Waals surface area contributed by atoms with Crippen molar-refractivity contribution in [3.63, 3.8) is 0 Å². The third kappa shape index (κ3) is 3.07. The van der Waals surface area contributed by atoms with Crippen LogP contribution in [-0.4, -0.2) is 37.0 Å². The van der Waals surface area contributed by atoms with Crippen LogP contribution in [0.5, 0.6) is 5.75 Å². The maximum absolute atomic E-state index is 12.9. The summed E-state index contributed by atoms with van der Waals surface area (Å²) in [6.45, 7) is 3.64. The van der Waals surface area contributed by atoms with Gasteiger partial charge in [-0.1, -0.05) is 6.42 Å². The molecule has 0 aromatic heterocycles. The molecule has 2 rings (SSSR count). The van der Waals surface area contributed by atoms with Crippen LogP contribution >= 0.6 is 0 Å². The van der Waals surface area contributed by atoms with Crippen LogP contribution in [-0.2, 0) is 16.6 Å². The van der Waals surface area contributed by atoms with Gasteiger partial charge in [0.05, 0.1) is 18.6 Å². The molecule has 5 nitrogen and oxygen atoms in total. The first kappa shape index (κ1) is 16.3. The quantitative estimate of drug-likeness (QED) is 0.925. The molecule has 1 heterocycles. The highest BCUT2D eigenvalue weighted by Crippen LogP contribution is 2.31. The standard InChI is InChI=1S/C15H23NO4S/c1-11-5-4-6-12(2)16(11)21(18,19)14-7-8-15(20-3)13(9-14)10-17/h7-9,11-12,17H,4-6,10H2,1-3H3/t11-,12+. The minimum absolute atomic E-state index is 0.00146. The largest absolute Gasteiger partial charge is 0.496 e. The molecular weight excluding hydrogens is 290 g/mol. The molecular formula is C15H23NO4S. The fourth-order valence-corrected chi connectivity index (χ4v) is 4.97. The van der Waals surface area contributed by atoms with Crippen LogP contribution in [0.2, 0.25) is 0 Å². The Hall–Kier alpha value is -1.11. The van der Waals surface area contributed by atoms with Crippen LogP contribution in [0.1, 0.15) is 38.7 Å². The highest BCUT2D eigenvalue weighted by Gasteiger charge is 2.35. The summed E-state index contributed by atoms with van der Waals surface area (Å²) >= 11 is 0. The summed E-state index contributed by atoms with van der Waals surface area (Å²) in [6.07, 6.45) is 2.82. The van der Waals surface area contributed by atoms with Gasteiger partial charge in [-0.05, 0) is 44.9 Å². The van der Waals surface area contributed by atoms with Crippen LogP contribution in [0.4, 0.5) is 0 Å². The minimum Gasteiger partial charge on any atom is -0.496 e. The Morgan fingerprint density at radius 1 is 1.29 bits per heavy atom. The van der Waals surface area contributed by atoms with Gasteiger partial charge in [0.15, 0.2) is 0 Å². The van der Waals surface area contributed by atoms with E-state index in [4.69, 9.17) is 4.74 Å². The first-order chi connectivity index (χ1) is 9.91. The number of ether oxygens (including phenoxy) is 1. The molecule has 0 aliphatic carbocycles. The molecule has 2 atom stereocenters. The Bertz CT molecular complexity index is 590. The Morgan fingerprint density at radius 3 is 2.43 bits per heavy atom. The fourth-order valence-electron chi connectivity index (χ4n) is 3.03. The van der Waals surface area contributed by atoms with Crippen LogP contribution in [0, 0.1) is 0 Å². The van der Waals surface area contributed by atoms with Gasteiger partial charge in [-0.3, -0.25) is 0 Å². The molecule has 0 spiro atoms. The normalized spacial score (nSPS) is 24.0. The van der Waals surface area contributed by atoms with Crippen molar-refractivity contribution in [1.82, 2.24) is 4.31 Å². The molecule has 0 amide bonds. The number of nitrogens with zero attached hydrogens (tertiary/aromatic N) is 1. The number of sulfonamides is 1. The molecule has 1 fully saturated rings. The lowest BCUT2D eigenvalue weighted by Crippen LogP contribution is -2.47. The maximum atomic E-state index is 12.9. The van der Waals surface area contributed by atoms with E-state index in [0.29, 0.717) is 11.3 Å². The molecule has 0 radical (unpaired) electrons. The van der Waals surface area contributed by atoms with Crippen LogP contribution in [0.25, 0.3) is 0 Å². The van der Waals surface area contributed by atoms with Crippen molar-refractivity contribution in [1.29, 1.82) is 0 Å². The average molecular weight is 313 g/mol. The third-order valence-electron chi connectivity index (χ3n) is 4.11. The van der Waals surface area contributed by atoms with Crippen LogP contribution in [0.15, 0.2) is 23.1 Å². The van der Waals surface area contributed by atoms with Gasteiger partial charge in [-0.15, -0.1) is 0 Å². The van der Waals surface area contributed by atoms with Crippen LogP contribution in [0.3, 0.4) is 0 Å². The summed E-state index contributed by atoms with van der Waals surface area (Å²) in [7, 11) is -2.05. The predicted molar refractivity (Wildman–Crippen MR) is 80.7 cm³/mol. The zero-order valence-electron chi connectivity index (χ0n) is 12.7.